The summed E-state index contributed by atoms with van der Waals surface area (Å²) in [5.74, 6) is -0.165. The summed E-state index contributed by atoms with van der Waals surface area (Å²) in [4.78, 5) is 0. The zero-order chi connectivity index (χ0) is 11.8. The fourth-order valence-electron chi connectivity index (χ4n) is 1.36. The predicted molar refractivity (Wildman–Crippen MR) is 65.2 cm³/mol. The van der Waals surface area contributed by atoms with Gasteiger partial charge in [-0.3, -0.25) is 0 Å². The Kier molecular flexibility index (Phi) is 3.45. The maximum atomic E-state index is 11.7. The van der Waals surface area contributed by atoms with Crippen LogP contribution < -0.4 is 4.72 Å². The minimum Gasteiger partial charge on any atom is -0.212 e. The van der Waals surface area contributed by atoms with E-state index >= 15 is 0 Å². The smallest absolute Gasteiger partial charge is 0.212 e. The van der Waals surface area contributed by atoms with E-state index in [1.165, 1.54) is 0 Å². The summed E-state index contributed by atoms with van der Waals surface area (Å²) in [5, 5.41) is 0.766. The molecule has 0 aromatic heterocycles. The number of nitrogens with one attached hydrogen (secondary N) is 1. The lowest BCUT2D eigenvalue weighted by Crippen LogP contribution is -2.27. The largest absolute Gasteiger partial charge is 0.216 e. The van der Waals surface area contributed by atoms with Gasteiger partial charge in [0.05, 0.1) is 5.75 Å². The average Bonchev–Trinajstić information content (AvgIpc) is 2.95. The second kappa shape index (κ2) is 4.53. The van der Waals surface area contributed by atoms with Gasteiger partial charge in [-0.05, 0) is 25.0 Å². The van der Waals surface area contributed by atoms with Crippen LogP contribution in [0.1, 0.15) is 18.4 Å². The van der Waals surface area contributed by atoms with Crippen molar-refractivity contribution >= 4 is 33.2 Å². The Labute approximate surface area is 105 Å². The summed E-state index contributed by atoms with van der Waals surface area (Å²) in [5.41, 5.74) is 0.457. The van der Waals surface area contributed by atoms with Crippen LogP contribution in [-0.4, -0.2) is 14.5 Å². The maximum absolute atomic E-state index is 11.7. The van der Waals surface area contributed by atoms with Gasteiger partial charge in [0.15, 0.2) is 0 Å². The molecule has 1 saturated carbocycles. The molecular formula is C10H11Cl2NO2S. The highest BCUT2D eigenvalue weighted by atomic mass is 35.5. The van der Waals surface area contributed by atoms with Crippen LogP contribution in [0.3, 0.4) is 0 Å². The molecule has 1 aromatic rings. The molecule has 1 fully saturated rings. The quantitative estimate of drug-likeness (QED) is 0.921. The molecule has 0 spiro atoms. The van der Waals surface area contributed by atoms with E-state index in [1.54, 1.807) is 18.2 Å². The van der Waals surface area contributed by atoms with Crippen LogP contribution in [0.4, 0.5) is 0 Å². The Balaban J connectivity index is 2.19. The van der Waals surface area contributed by atoms with Crippen molar-refractivity contribution in [2.75, 3.05) is 0 Å². The van der Waals surface area contributed by atoms with Crippen LogP contribution in [-0.2, 0) is 15.8 Å². The highest BCUT2D eigenvalue weighted by molar-refractivity contribution is 7.88. The molecule has 6 heteroatoms. The number of rotatable bonds is 4. The van der Waals surface area contributed by atoms with Gasteiger partial charge in [0.25, 0.3) is 0 Å². The molecular weight excluding hydrogens is 269 g/mol. The van der Waals surface area contributed by atoms with Gasteiger partial charge in [0.1, 0.15) is 0 Å². The fraction of sp³-hybridized carbons (Fsp3) is 0.400. The first-order valence-corrected chi connectivity index (χ1v) is 7.32. The van der Waals surface area contributed by atoms with E-state index in [2.05, 4.69) is 4.72 Å². The van der Waals surface area contributed by atoms with Crippen LogP contribution >= 0.6 is 23.2 Å². The summed E-state index contributed by atoms with van der Waals surface area (Å²) in [6.07, 6.45) is 1.82. The second-order valence-electron chi connectivity index (χ2n) is 3.85. The van der Waals surface area contributed by atoms with Gasteiger partial charge in [-0.1, -0.05) is 29.3 Å². The number of sulfonamides is 1. The van der Waals surface area contributed by atoms with E-state index in [4.69, 9.17) is 23.2 Å². The van der Waals surface area contributed by atoms with Gasteiger partial charge >= 0.3 is 0 Å². The third kappa shape index (κ3) is 3.10. The first kappa shape index (κ1) is 12.2. The Hall–Kier alpha value is -0.290. The molecule has 0 aliphatic heterocycles. The monoisotopic (exact) mass is 279 g/mol. The van der Waals surface area contributed by atoms with Gasteiger partial charge in [-0.2, -0.15) is 0 Å². The van der Waals surface area contributed by atoms with Gasteiger partial charge in [0.2, 0.25) is 10.0 Å². The third-order valence-electron chi connectivity index (χ3n) is 2.32. The van der Waals surface area contributed by atoms with Crippen molar-refractivity contribution in [2.45, 2.75) is 24.6 Å². The number of hydrogen-bond acceptors (Lipinski definition) is 2. The number of halogens is 2. The zero-order valence-electron chi connectivity index (χ0n) is 8.41. The van der Waals surface area contributed by atoms with E-state index < -0.39 is 10.0 Å². The van der Waals surface area contributed by atoms with E-state index in [9.17, 15) is 8.42 Å². The van der Waals surface area contributed by atoms with Crippen molar-refractivity contribution in [1.82, 2.24) is 4.72 Å². The van der Waals surface area contributed by atoms with Crippen molar-refractivity contribution < 1.29 is 8.42 Å². The Bertz CT molecular complexity index is 477. The second-order valence-corrected chi connectivity index (χ2v) is 6.42. The van der Waals surface area contributed by atoms with E-state index in [-0.39, 0.29) is 11.8 Å². The fourth-order valence-corrected chi connectivity index (χ4v) is 3.56. The average molecular weight is 280 g/mol. The molecule has 1 N–H and O–H groups in total. The summed E-state index contributed by atoms with van der Waals surface area (Å²) in [6, 6.07) is 5.06. The van der Waals surface area contributed by atoms with Gasteiger partial charge in [0, 0.05) is 21.7 Å². The van der Waals surface area contributed by atoms with Crippen molar-refractivity contribution in [3.05, 3.63) is 33.8 Å². The van der Waals surface area contributed by atoms with Crippen molar-refractivity contribution in [3.8, 4) is 0 Å². The number of benzene rings is 1. The third-order valence-corrected chi connectivity index (χ3v) is 4.39. The summed E-state index contributed by atoms with van der Waals surface area (Å²) in [7, 11) is -3.34. The lowest BCUT2D eigenvalue weighted by Gasteiger charge is -2.08. The van der Waals surface area contributed by atoms with Gasteiger partial charge in [-0.15, -0.1) is 0 Å². The molecule has 3 nitrogen and oxygen atoms in total. The first-order chi connectivity index (χ1) is 7.48. The summed E-state index contributed by atoms with van der Waals surface area (Å²) >= 11 is 11.8. The normalized spacial score (nSPS) is 16.4. The summed E-state index contributed by atoms with van der Waals surface area (Å²) < 4.78 is 26.0. The molecule has 0 heterocycles. The van der Waals surface area contributed by atoms with Crippen molar-refractivity contribution in [2.24, 2.45) is 0 Å². The van der Waals surface area contributed by atoms with E-state index in [1.807, 2.05) is 0 Å². The maximum Gasteiger partial charge on any atom is 0.216 e. The molecule has 1 aromatic carbocycles. The van der Waals surface area contributed by atoms with Crippen LogP contribution in [0.5, 0.6) is 0 Å². The van der Waals surface area contributed by atoms with E-state index in [0.29, 0.717) is 15.6 Å². The SMILES string of the molecule is O=S(=O)(Cc1c(Cl)cccc1Cl)NC1CC1. The van der Waals surface area contributed by atoms with Gasteiger partial charge in [-0.25, -0.2) is 13.1 Å². The minimum atomic E-state index is -3.34. The Morgan fingerprint density at radius 3 is 2.31 bits per heavy atom. The molecule has 0 radical (unpaired) electrons. The lowest BCUT2D eigenvalue weighted by molar-refractivity contribution is 0.580. The molecule has 2 rings (SSSR count). The molecule has 0 bridgehead atoms. The highest BCUT2D eigenvalue weighted by Crippen LogP contribution is 2.27. The molecule has 0 atom stereocenters. The van der Waals surface area contributed by atoms with Crippen LogP contribution in [0.2, 0.25) is 10.0 Å². The number of hydrogen-bond donors (Lipinski definition) is 1. The van der Waals surface area contributed by atoms with E-state index in [0.717, 1.165) is 12.8 Å². The van der Waals surface area contributed by atoms with Crippen LogP contribution in [0, 0.1) is 0 Å². The topological polar surface area (TPSA) is 46.2 Å². The molecule has 16 heavy (non-hydrogen) atoms. The molecule has 88 valence electrons. The highest BCUT2D eigenvalue weighted by Gasteiger charge is 2.27. The molecule has 1 aliphatic carbocycles. The zero-order valence-corrected chi connectivity index (χ0v) is 10.7. The molecule has 0 amide bonds. The van der Waals surface area contributed by atoms with Gasteiger partial charge < -0.3 is 0 Å². The first-order valence-electron chi connectivity index (χ1n) is 4.91. The summed E-state index contributed by atoms with van der Waals surface area (Å²) in [6.45, 7) is 0. The standard InChI is InChI=1S/C10H11Cl2NO2S/c11-9-2-1-3-10(12)8(9)6-16(14,15)13-7-4-5-7/h1-3,7,13H,4-6H2. The predicted octanol–water partition coefficient (Wildman–Crippen LogP) is 2.58. The Morgan fingerprint density at radius 2 is 1.81 bits per heavy atom. The molecule has 0 saturated heterocycles. The Morgan fingerprint density at radius 1 is 1.25 bits per heavy atom. The van der Waals surface area contributed by atoms with Crippen LogP contribution in [0.15, 0.2) is 18.2 Å². The van der Waals surface area contributed by atoms with Crippen molar-refractivity contribution in [3.63, 3.8) is 0 Å². The molecule has 0 unspecified atom stereocenters. The van der Waals surface area contributed by atoms with Crippen molar-refractivity contribution in [1.29, 1.82) is 0 Å². The lowest BCUT2D eigenvalue weighted by atomic mass is 10.2. The minimum absolute atomic E-state index is 0.103. The van der Waals surface area contributed by atoms with Crippen LogP contribution in [0.25, 0.3) is 0 Å². The molecule has 1 aliphatic rings.